The van der Waals surface area contributed by atoms with E-state index in [-0.39, 0.29) is 6.54 Å². The molecular formula is C12H12N4O3. The normalized spacial score (nSPS) is 9.89. The van der Waals surface area contributed by atoms with Gasteiger partial charge in [0.15, 0.2) is 0 Å². The third-order valence-corrected chi connectivity index (χ3v) is 2.15. The van der Waals surface area contributed by atoms with Gasteiger partial charge in [0.25, 0.3) is 5.91 Å². The Balaban J connectivity index is 2.82. The van der Waals surface area contributed by atoms with E-state index in [9.17, 15) is 9.59 Å². The summed E-state index contributed by atoms with van der Waals surface area (Å²) in [5, 5.41) is 14.1. The maximum Gasteiger partial charge on any atom is 0.322 e. The molecule has 19 heavy (non-hydrogen) atoms. The Morgan fingerprint density at radius 1 is 1.42 bits per heavy atom. The molecule has 2 N–H and O–H groups in total. The first-order chi connectivity index (χ1) is 9.15. The zero-order valence-electron chi connectivity index (χ0n) is 9.98. The average molecular weight is 260 g/mol. The fraction of sp³-hybridized carbons (Fsp3) is 0.167. The maximum atomic E-state index is 11.8. The number of rotatable bonds is 6. The number of carboxylic acids is 1. The minimum Gasteiger partial charge on any atom is -0.480 e. The molecule has 7 nitrogen and oxygen atoms in total. The minimum atomic E-state index is -1.11. The lowest BCUT2D eigenvalue weighted by atomic mass is 10.1. The van der Waals surface area contributed by atoms with Gasteiger partial charge in [-0.3, -0.25) is 9.59 Å². The van der Waals surface area contributed by atoms with Crippen molar-refractivity contribution in [2.24, 2.45) is 5.11 Å². The van der Waals surface area contributed by atoms with Crippen LogP contribution >= 0.6 is 0 Å². The number of carboxylic acid groups (broad SMARTS) is 1. The molecule has 1 aromatic carbocycles. The molecule has 1 rings (SSSR count). The van der Waals surface area contributed by atoms with Crippen LogP contribution in [0, 0.1) is 0 Å². The molecule has 0 aromatic heterocycles. The standard InChI is InChI=1S/C12H12N4O3/c13-16-15-7-3-5-9-4-1-2-6-10(9)12(19)14-8-11(17)18/h1-6H,7-8H2,(H,14,19)(H,17,18). The van der Waals surface area contributed by atoms with Crippen LogP contribution in [0.1, 0.15) is 15.9 Å². The first kappa shape index (κ1) is 14.3. The van der Waals surface area contributed by atoms with Gasteiger partial charge >= 0.3 is 5.97 Å². The summed E-state index contributed by atoms with van der Waals surface area (Å²) >= 11 is 0. The topological polar surface area (TPSA) is 115 Å². The largest absolute Gasteiger partial charge is 0.480 e. The molecule has 0 fully saturated rings. The summed E-state index contributed by atoms with van der Waals surface area (Å²) in [7, 11) is 0. The van der Waals surface area contributed by atoms with Gasteiger partial charge in [-0.15, -0.1) is 0 Å². The number of hydrogen-bond donors (Lipinski definition) is 2. The zero-order valence-corrected chi connectivity index (χ0v) is 9.98. The van der Waals surface area contributed by atoms with Crippen molar-refractivity contribution in [2.75, 3.05) is 13.1 Å². The number of nitrogens with one attached hydrogen (secondary N) is 1. The predicted molar refractivity (Wildman–Crippen MR) is 69.5 cm³/mol. The Bertz CT molecular complexity index is 548. The number of aliphatic carboxylic acids is 1. The van der Waals surface area contributed by atoms with Crippen LogP contribution in [0.4, 0.5) is 0 Å². The van der Waals surface area contributed by atoms with Crippen LogP contribution in [0.2, 0.25) is 0 Å². The number of benzene rings is 1. The summed E-state index contributed by atoms with van der Waals surface area (Å²) in [5.41, 5.74) is 9.12. The fourth-order valence-electron chi connectivity index (χ4n) is 1.36. The molecule has 7 heteroatoms. The summed E-state index contributed by atoms with van der Waals surface area (Å²) in [5.74, 6) is -1.57. The minimum absolute atomic E-state index is 0.182. The molecule has 0 saturated heterocycles. The quantitative estimate of drug-likeness (QED) is 0.461. The molecule has 0 bridgehead atoms. The molecule has 0 aliphatic heterocycles. The highest BCUT2D eigenvalue weighted by Crippen LogP contribution is 2.10. The number of hydrogen-bond acceptors (Lipinski definition) is 3. The highest BCUT2D eigenvalue weighted by molar-refractivity contribution is 5.98. The lowest BCUT2D eigenvalue weighted by molar-refractivity contribution is -0.135. The van der Waals surface area contributed by atoms with Crippen molar-refractivity contribution in [3.05, 3.63) is 51.9 Å². The first-order valence-corrected chi connectivity index (χ1v) is 5.41. The first-order valence-electron chi connectivity index (χ1n) is 5.41. The van der Waals surface area contributed by atoms with Crippen molar-refractivity contribution < 1.29 is 14.7 Å². The van der Waals surface area contributed by atoms with Crippen molar-refractivity contribution in [1.82, 2.24) is 5.32 Å². The van der Waals surface area contributed by atoms with E-state index in [1.165, 1.54) is 0 Å². The van der Waals surface area contributed by atoms with Gasteiger partial charge in [0.05, 0.1) is 0 Å². The van der Waals surface area contributed by atoms with Crippen LogP contribution in [0.3, 0.4) is 0 Å². The van der Waals surface area contributed by atoms with E-state index in [0.29, 0.717) is 11.1 Å². The second-order valence-electron chi connectivity index (χ2n) is 3.48. The number of carbonyl (C=O) groups is 2. The van der Waals surface area contributed by atoms with E-state index < -0.39 is 18.4 Å². The SMILES string of the molecule is [N-]=[N+]=NCC=Cc1ccccc1C(=O)NCC(=O)O. The summed E-state index contributed by atoms with van der Waals surface area (Å²) in [4.78, 5) is 24.8. The average Bonchev–Trinajstić information content (AvgIpc) is 2.41. The van der Waals surface area contributed by atoms with Crippen molar-refractivity contribution in [1.29, 1.82) is 0 Å². The van der Waals surface area contributed by atoms with E-state index in [2.05, 4.69) is 15.3 Å². The van der Waals surface area contributed by atoms with Crippen molar-refractivity contribution >= 4 is 18.0 Å². The molecule has 98 valence electrons. The molecule has 0 unspecified atom stereocenters. The molecule has 0 heterocycles. The van der Waals surface area contributed by atoms with Gasteiger partial charge in [-0.05, 0) is 17.2 Å². The van der Waals surface area contributed by atoms with Crippen LogP contribution < -0.4 is 5.32 Å². The fourth-order valence-corrected chi connectivity index (χ4v) is 1.36. The van der Waals surface area contributed by atoms with E-state index >= 15 is 0 Å². The van der Waals surface area contributed by atoms with Crippen LogP contribution in [0.5, 0.6) is 0 Å². The van der Waals surface area contributed by atoms with Crippen molar-refractivity contribution in [3.63, 3.8) is 0 Å². The molecule has 0 saturated carbocycles. The predicted octanol–water partition coefficient (Wildman–Crippen LogP) is 1.82. The van der Waals surface area contributed by atoms with E-state index in [1.807, 2.05) is 0 Å². The lowest BCUT2D eigenvalue weighted by Gasteiger charge is -2.05. The van der Waals surface area contributed by atoms with Gasteiger partial charge in [0.2, 0.25) is 0 Å². The third-order valence-electron chi connectivity index (χ3n) is 2.15. The second-order valence-corrected chi connectivity index (χ2v) is 3.48. The van der Waals surface area contributed by atoms with Gasteiger partial charge in [-0.2, -0.15) is 0 Å². The zero-order chi connectivity index (χ0) is 14.1. The van der Waals surface area contributed by atoms with Crippen LogP contribution in [-0.2, 0) is 4.79 Å². The number of carbonyl (C=O) groups excluding carboxylic acids is 1. The van der Waals surface area contributed by atoms with Crippen LogP contribution in [0.15, 0.2) is 35.5 Å². The maximum absolute atomic E-state index is 11.8. The molecule has 1 aromatic rings. The van der Waals surface area contributed by atoms with Gasteiger partial charge < -0.3 is 10.4 Å². The van der Waals surface area contributed by atoms with Crippen LogP contribution in [0.25, 0.3) is 16.5 Å². The molecule has 0 spiro atoms. The summed E-state index contributed by atoms with van der Waals surface area (Å²) < 4.78 is 0. The van der Waals surface area contributed by atoms with E-state index in [0.717, 1.165) is 0 Å². The Labute approximate surface area is 109 Å². The van der Waals surface area contributed by atoms with Crippen molar-refractivity contribution in [2.45, 2.75) is 0 Å². The molecule has 0 aliphatic rings. The van der Waals surface area contributed by atoms with E-state index in [4.69, 9.17) is 10.6 Å². The third kappa shape index (κ3) is 4.93. The Morgan fingerprint density at radius 3 is 2.84 bits per heavy atom. The molecular weight excluding hydrogens is 248 g/mol. The lowest BCUT2D eigenvalue weighted by Crippen LogP contribution is -2.29. The van der Waals surface area contributed by atoms with Crippen molar-refractivity contribution in [3.8, 4) is 0 Å². The number of azide groups is 1. The van der Waals surface area contributed by atoms with Gasteiger partial charge in [0, 0.05) is 17.0 Å². The highest BCUT2D eigenvalue weighted by Gasteiger charge is 2.09. The monoisotopic (exact) mass is 260 g/mol. The van der Waals surface area contributed by atoms with Crippen LogP contribution in [-0.4, -0.2) is 30.1 Å². The number of amides is 1. The van der Waals surface area contributed by atoms with Gasteiger partial charge in [-0.25, -0.2) is 0 Å². The Kier molecular flexibility index (Phi) is 5.65. The summed E-state index contributed by atoms with van der Waals surface area (Å²) in [6.45, 7) is -0.253. The smallest absolute Gasteiger partial charge is 0.322 e. The molecule has 0 radical (unpaired) electrons. The highest BCUT2D eigenvalue weighted by atomic mass is 16.4. The number of nitrogens with zero attached hydrogens (tertiary/aromatic N) is 3. The summed E-state index contributed by atoms with van der Waals surface area (Å²) in [6, 6.07) is 6.73. The molecule has 0 atom stereocenters. The summed E-state index contributed by atoms with van der Waals surface area (Å²) in [6.07, 6.45) is 3.26. The Morgan fingerprint density at radius 2 is 2.16 bits per heavy atom. The van der Waals surface area contributed by atoms with Gasteiger partial charge in [-0.1, -0.05) is 35.5 Å². The molecule has 1 amide bonds. The van der Waals surface area contributed by atoms with E-state index in [1.54, 1.807) is 36.4 Å². The second kappa shape index (κ2) is 7.52. The van der Waals surface area contributed by atoms with Gasteiger partial charge in [0.1, 0.15) is 6.54 Å². The Hall–Kier alpha value is -2.79. The molecule has 0 aliphatic carbocycles.